The first-order valence-corrected chi connectivity index (χ1v) is 22.2. The number of ether oxygens (including phenoxy) is 5. The molecule has 0 spiro atoms. The van der Waals surface area contributed by atoms with Crippen molar-refractivity contribution in [3.05, 3.63) is 35.9 Å². The molecule has 0 N–H and O–H groups in total. The van der Waals surface area contributed by atoms with Crippen LogP contribution in [0.4, 0.5) is 0 Å². The number of benzene rings is 1. The van der Waals surface area contributed by atoms with E-state index in [4.69, 9.17) is 23.7 Å². The lowest BCUT2D eigenvalue weighted by Crippen LogP contribution is -2.59. The number of carbonyl (C=O) groups excluding carboxylic acids is 3. The van der Waals surface area contributed by atoms with Crippen molar-refractivity contribution in [3.63, 3.8) is 0 Å². The van der Waals surface area contributed by atoms with Crippen molar-refractivity contribution in [1.82, 2.24) is 0 Å². The maximum absolute atomic E-state index is 13.2. The van der Waals surface area contributed by atoms with Crippen LogP contribution >= 0.6 is 15.9 Å². The molecule has 14 atom stereocenters. The summed E-state index contributed by atoms with van der Waals surface area (Å²) in [5, 5.41) is 0. The summed E-state index contributed by atoms with van der Waals surface area (Å²) in [6.45, 7) is 16.2. The van der Waals surface area contributed by atoms with Crippen molar-refractivity contribution in [2.24, 2.45) is 52.3 Å². The summed E-state index contributed by atoms with van der Waals surface area (Å²) in [6.07, 6.45) is 11.6. The zero-order valence-electron chi connectivity index (χ0n) is 33.9. The Kier molecular flexibility index (Phi) is 13.6. The van der Waals surface area contributed by atoms with Gasteiger partial charge in [0.2, 0.25) is 0 Å². The number of hydrogen-bond acceptors (Lipinski definition) is 8. The molecule has 0 unspecified atom stereocenters. The summed E-state index contributed by atoms with van der Waals surface area (Å²) in [5.74, 6) is 3.61. The van der Waals surface area contributed by atoms with Crippen LogP contribution < -0.4 is 0 Å². The van der Waals surface area contributed by atoms with Gasteiger partial charge in [0.05, 0.1) is 24.4 Å². The van der Waals surface area contributed by atoms with Crippen LogP contribution in [0.3, 0.4) is 0 Å². The van der Waals surface area contributed by atoms with Crippen LogP contribution in [0.1, 0.15) is 142 Å². The van der Waals surface area contributed by atoms with E-state index in [1.165, 1.54) is 57.8 Å². The standard InChI is InChI=1S/C45H67BrO8/c1-8-50-37(47)26-38(48)53-41-39(46)43(51-29(5)40(41)54-42(49)30-15-10-9-11-16-30)52-32-21-23-44(6)31(25-32)17-18-33-35-20-19-34(28(4)14-12-13-27(2)3)45(35,7)24-22-36(33)44/h9-11,15-16,27-29,31-36,39-41,43H,8,12-14,17-26H2,1-7H3/t28-,29+,31+,32+,33+,34-,35+,36+,39-,40+,41-,43+,44+,45-/m1/s1. The van der Waals surface area contributed by atoms with Gasteiger partial charge in [-0.3, -0.25) is 9.59 Å². The largest absolute Gasteiger partial charge is 0.466 e. The van der Waals surface area contributed by atoms with E-state index in [9.17, 15) is 14.4 Å². The zero-order chi connectivity index (χ0) is 38.8. The zero-order valence-corrected chi connectivity index (χ0v) is 35.5. The summed E-state index contributed by atoms with van der Waals surface area (Å²) in [7, 11) is 0. The van der Waals surface area contributed by atoms with Gasteiger partial charge in [0.25, 0.3) is 0 Å². The van der Waals surface area contributed by atoms with E-state index in [0.717, 1.165) is 54.8 Å². The first-order valence-electron chi connectivity index (χ1n) is 21.3. The van der Waals surface area contributed by atoms with Gasteiger partial charge in [-0.2, -0.15) is 0 Å². The summed E-state index contributed by atoms with van der Waals surface area (Å²) >= 11 is 3.74. The van der Waals surface area contributed by atoms with Crippen LogP contribution in [0.5, 0.6) is 0 Å². The van der Waals surface area contributed by atoms with Crippen LogP contribution in [-0.4, -0.2) is 60.0 Å². The van der Waals surface area contributed by atoms with Crippen molar-refractivity contribution >= 4 is 33.8 Å². The Morgan fingerprint density at radius 2 is 1.59 bits per heavy atom. The molecule has 5 aliphatic rings. The molecule has 1 saturated heterocycles. The second kappa shape index (κ2) is 17.7. The summed E-state index contributed by atoms with van der Waals surface area (Å²) in [5.41, 5.74) is 1.19. The van der Waals surface area contributed by atoms with E-state index in [2.05, 4.69) is 50.5 Å². The van der Waals surface area contributed by atoms with Gasteiger partial charge in [0.15, 0.2) is 18.5 Å². The molecule has 5 fully saturated rings. The number of esters is 3. The highest BCUT2D eigenvalue weighted by molar-refractivity contribution is 9.09. The van der Waals surface area contributed by atoms with E-state index >= 15 is 0 Å². The van der Waals surface area contributed by atoms with Gasteiger partial charge < -0.3 is 23.7 Å². The molecule has 0 radical (unpaired) electrons. The Labute approximate surface area is 333 Å². The average Bonchev–Trinajstić information content (AvgIpc) is 3.49. The van der Waals surface area contributed by atoms with Gasteiger partial charge in [-0.05, 0) is 136 Å². The smallest absolute Gasteiger partial charge is 0.338 e. The lowest BCUT2D eigenvalue weighted by Gasteiger charge is -2.61. The third-order valence-electron chi connectivity index (χ3n) is 15.0. The number of carbonyl (C=O) groups is 3. The van der Waals surface area contributed by atoms with E-state index < -0.39 is 53.8 Å². The van der Waals surface area contributed by atoms with Gasteiger partial charge in [0.1, 0.15) is 11.2 Å². The Balaban J connectivity index is 1.10. The van der Waals surface area contributed by atoms with Crippen LogP contribution in [0.15, 0.2) is 30.3 Å². The molecule has 1 heterocycles. The predicted octanol–water partition coefficient (Wildman–Crippen LogP) is 10.1. The molecule has 8 nitrogen and oxygen atoms in total. The highest BCUT2D eigenvalue weighted by atomic mass is 79.9. The fraction of sp³-hybridized carbons (Fsp3) is 0.800. The van der Waals surface area contributed by atoms with E-state index in [0.29, 0.717) is 22.3 Å². The topological polar surface area (TPSA) is 97.4 Å². The minimum absolute atomic E-state index is 0.00702. The molecule has 9 heteroatoms. The Morgan fingerprint density at radius 3 is 2.31 bits per heavy atom. The molecule has 1 aliphatic heterocycles. The fourth-order valence-electron chi connectivity index (χ4n) is 12.2. The lowest BCUT2D eigenvalue weighted by molar-refractivity contribution is -0.266. The molecular weight excluding hydrogens is 748 g/mol. The van der Waals surface area contributed by atoms with Gasteiger partial charge >= 0.3 is 17.9 Å². The number of halogens is 1. The van der Waals surface area contributed by atoms with Crippen molar-refractivity contribution < 1.29 is 38.1 Å². The van der Waals surface area contributed by atoms with Gasteiger partial charge in [-0.1, -0.05) is 88.0 Å². The summed E-state index contributed by atoms with van der Waals surface area (Å²) < 4.78 is 30.0. The van der Waals surface area contributed by atoms with Gasteiger partial charge in [-0.15, -0.1) is 0 Å². The van der Waals surface area contributed by atoms with Crippen molar-refractivity contribution in [3.8, 4) is 0 Å². The number of alkyl halides is 1. The molecule has 1 aromatic carbocycles. The normalized spacial score (nSPS) is 39.5. The second-order valence-electron chi connectivity index (χ2n) is 18.5. The summed E-state index contributed by atoms with van der Waals surface area (Å²) in [4.78, 5) is 37.7. The van der Waals surface area contributed by atoms with Gasteiger partial charge in [0, 0.05) is 0 Å². The summed E-state index contributed by atoms with van der Waals surface area (Å²) in [6, 6.07) is 8.70. The highest BCUT2D eigenvalue weighted by Gasteiger charge is 2.61. The number of rotatable bonds is 13. The van der Waals surface area contributed by atoms with Crippen molar-refractivity contribution in [2.45, 2.75) is 167 Å². The molecule has 1 aromatic rings. The maximum atomic E-state index is 13.2. The minimum atomic E-state index is -0.942. The SMILES string of the molecule is CCOC(=O)CC(=O)O[C@@H]1[C@@H](Br)[C@H](O[C@H]2CC[C@@]3(C)[C@@H](CC[C@@H]4[C@@H]3CC[C@]3(C)[C@@H]([C@H](C)CCCC(C)C)CC[C@@H]43)C2)O[C@@H](C)[C@@H]1OC(=O)c1ccccc1. The molecular formula is C45H67BrO8. The van der Waals surface area contributed by atoms with E-state index in [1.54, 1.807) is 38.1 Å². The molecule has 4 aliphatic carbocycles. The molecule has 0 amide bonds. The molecule has 0 bridgehead atoms. The van der Waals surface area contributed by atoms with E-state index in [1.807, 2.05) is 6.07 Å². The molecule has 54 heavy (non-hydrogen) atoms. The maximum Gasteiger partial charge on any atom is 0.338 e. The van der Waals surface area contributed by atoms with Crippen molar-refractivity contribution in [2.75, 3.05) is 6.61 Å². The Bertz CT molecular complexity index is 1440. The third-order valence-corrected chi connectivity index (χ3v) is 15.9. The minimum Gasteiger partial charge on any atom is -0.466 e. The van der Waals surface area contributed by atoms with E-state index in [-0.39, 0.29) is 12.7 Å². The Morgan fingerprint density at radius 1 is 0.870 bits per heavy atom. The Hall–Kier alpha value is -1.97. The fourth-order valence-corrected chi connectivity index (χ4v) is 12.9. The number of fused-ring (bicyclic) bond motifs is 5. The van der Waals surface area contributed by atoms with Crippen LogP contribution in [0.2, 0.25) is 0 Å². The van der Waals surface area contributed by atoms with Crippen LogP contribution in [0.25, 0.3) is 0 Å². The quantitative estimate of drug-likeness (QED) is 0.0639. The molecule has 302 valence electrons. The third kappa shape index (κ3) is 8.78. The van der Waals surface area contributed by atoms with Gasteiger partial charge in [-0.25, -0.2) is 4.79 Å². The average molecular weight is 816 g/mol. The second-order valence-corrected chi connectivity index (χ2v) is 19.6. The van der Waals surface area contributed by atoms with Crippen LogP contribution in [0, 0.1) is 52.3 Å². The molecule has 0 aromatic heterocycles. The molecule has 6 rings (SSSR count). The highest BCUT2D eigenvalue weighted by Crippen LogP contribution is 2.68. The monoisotopic (exact) mass is 814 g/mol. The van der Waals surface area contributed by atoms with Crippen molar-refractivity contribution in [1.29, 1.82) is 0 Å². The van der Waals surface area contributed by atoms with Crippen LogP contribution in [-0.2, 0) is 33.3 Å². The first-order chi connectivity index (χ1) is 25.7. The predicted molar refractivity (Wildman–Crippen MR) is 212 cm³/mol. The first kappa shape index (κ1) is 41.7. The number of hydrogen-bond donors (Lipinski definition) is 0. The lowest BCUT2D eigenvalue weighted by atomic mass is 9.44. The molecule has 4 saturated carbocycles.